The Bertz CT molecular complexity index is 209. The molecular weight excluding hydrogens is 164 g/mol. The Morgan fingerprint density at radius 3 is 2.54 bits per heavy atom. The summed E-state index contributed by atoms with van der Waals surface area (Å²) in [6.45, 7) is 7.13. The zero-order valence-electron chi connectivity index (χ0n) is 8.21. The largest absolute Gasteiger partial charge is 0.392 e. The van der Waals surface area contributed by atoms with Crippen molar-refractivity contribution in [3.8, 4) is 0 Å². The van der Waals surface area contributed by atoms with Crippen LogP contribution in [0.4, 0.5) is 0 Å². The van der Waals surface area contributed by atoms with Crippen molar-refractivity contribution in [3.05, 3.63) is 11.1 Å². The van der Waals surface area contributed by atoms with Crippen molar-refractivity contribution in [2.45, 2.75) is 19.4 Å². The van der Waals surface area contributed by atoms with Gasteiger partial charge in [0.05, 0.1) is 6.10 Å². The minimum Gasteiger partial charge on any atom is -0.392 e. The first-order valence-corrected chi connectivity index (χ1v) is 5.10. The van der Waals surface area contributed by atoms with Gasteiger partial charge in [-0.3, -0.25) is 4.90 Å². The fraction of sp³-hybridized carbons (Fsp3) is 0.800. The third-order valence-corrected chi connectivity index (χ3v) is 2.95. The van der Waals surface area contributed by atoms with Gasteiger partial charge >= 0.3 is 0 Å². The zero-order chi connectivity index (χ0) is 9.26. The highest BCUT2D eigenvalue weighted by molar-refractivity contribution is 5.29. The van der Waals surface area contributed by atoms with E-state index in [1.807, 2.05) is 6.92 Å². The van der Waals surface area contributed by atoms with Gasteiger partial charge in [-0.15, -0.1) is 0 Å². The lowest BCUT2D eigenvalue weighted by Crippen LogP contribution is -2.33. The van der Waals surface area contributed by atoms with E-state index in [1.54, 1.807) is 11.1 Å². The molecule has 0 bridgehead atoms. The van der Waals surface area contributed by atoms with Crippen LogP contribution >= 0.6 is 0 Å². The summed E-state index contributed by atoms with van der Waals surface area (Å²) in [5, 5.41) is 12.9. The van der Waals surface area contributed by atoms with Gasteiger partial charge < -0.3 is 10.4 Å². The molecule has 2 N–H and O–H groups in total. The number of nitrogens with one attached hydrogen (secondary N) is 1. The Morgan fingerprint density at radius 2 is 2.00 bits per heavy atom. The smallest absolute Gasteiger partial charge is 0.0664 e. The van der Waals surface area contributed by atoms with Crippen LogP contribution in [-0.4, -0.2) is 48.8 Å². The fourth-order valence-electron chi connectivity index (χ4n) is 2.10. The van der Waals surface area contributed by atoms with Gasteiger partial charge in [-0.25, -0.2) is 0 Å². The molecule has 13 heavy (non-hydrogen) atoms. The molecule has 0 spiro atoms. The second kappa shape index (κ2) is 3.78. The van der Waals surface area contributed by atoms with Crippen LogP contribution in [-0.2, 0) is 0 Å². The molecule has 0 aromatic rings. The van der Waals surface area contributed by atoms with Gasteiger partial charge in [0.1, 0.15) is 0 Å². The summed E-state index contributed by atoms with van der Waals surface area (Å²) >= 11 is 0. The number of nitrogens with zero attached hydrogens (tertiary/aromatic N) is 1. The standard InChI is InChI=1S/C10H18N2O/c1-2-10(13)7-12-5-8-3-11-4-9(8)6-12/h10-11,13H,2-7H2,1H3/t10-/m0/s1. The summed E-state index contributed by atoms with van der Waals surface area (Å²) in [7, 11) is 0. The number of β-amino-alcohol motifs (C(OH)–C–C–N with tert-alkyl or cyclic N) is 1. The third kappa shape index (κ3) is 1.93. The number of hydrogen-bond acceptors (Lipinski definition) is 3. The minimum absolute atomic E-state index is 0.145. The lowest BCUT2D eigenvalue weighted by Gasteiger charge is -2.20. The van der Waals surface area contributed by atoms with Gasteiger partial charge in [0.25, 0.3) is 0 Å². The summed E-state index contributed by atoms with van der Waals surface area (Å²) in [5.41, 5.74) is 3.12. The first kappa shape index (κ1) is 9.19. The Hall–Kier alpha value is -0.380. The van der Waals surface area contributed by atoms with E-state index in [1.165, 1.54) is 0 Å². The highest BCUT2D eigenvalue weighted by Gasteiger charge is 2.25. The van der Waals surface area contributed by atoms with E-state index in [4.69, 9.17) is 0 Å². The zero-order valence-corrected chi connectivity index (χ0v) is 8.21. The van der Waals surface area contributed by atoms with Crippen molar-refractivity contribution in [2.75, 3.05) is 32.7 Å². The van der Waals surface area contributed by atoms with Gasteiger partial charge in [0.15, 0.2) is 0 Å². The first-order chi connectivity index (χ1) is 6.29. The van der Waals surface area contributed by atoms with Crippen molar-refractivity contribution in [2.24, 2.45) is 0 Å². The van der Waals surface area contributed by atoms with Crippen LogP contribution in [0.5, 0.6) is 0 Å². The predicted octanol–water partition coefficient (Wildman–Crippen LogP) is -0.0273. The van der Waals surface area contributed by atoms with E-state index in [0.717, 1.165) is 39.1 Å². The summed E-state index contributed by atoms with van der Waals surface area (Å²) in [5.74, 6) is 0. The van der Waals surface area contributed by atoms with Gasteiger partial charge in [-0.2, -0.15) is 0 Å². The normalized spacial score (nSPS) is 25.4. The van der Waals surface area contributed by atoms with Crippen molar-refractivity contribution in [1.82, 2.24) is 10.2 Å². The number of rotatable bonds is 3. The van der Waals surface area contributed by atoms with Crippen LogP contribution < -0.4 is 5.32 Å². The molecule has 0 aromatic heterocycles. The highest BCUT2D eigenvalue weighted by Crippen LogP contribution is 2.20. The van der Waals surface area contributed by atoms with E-state index in [9.17, 15) is 5.11 Å². The average molecular weight is 182 g/mol. The van der Waals surface area contributed by atoms with E-state index >= 15 is 0 Å². The fourth-order valence-corrected chi connectivity index (χ4v) is 2.10. The summed E-state index contributed by atoms with van der Waals surface area (Å²) in [4.78, 5) is 2.35. The summed E-state index contributed by atoms with van der Waals surface area (Å²) in [6, 6.07) is 0. The quantitative estimate of drug-likeness (QED) is 0.602. The second-order valence-electron chi connectivity index (χ2n) is 4.04. The van der Waals surface area contributed by atoms with E-state index < -0.39 is 0 Å². The van der Waals surface area contributed by atoms with E-state index in [0.29, 0.717) is 0 Å². The molecule has 2 rings (SSSR count). The monoisotopic (exact) mass is 182 g/mol. The molecule has 2 aliphatic rings. The number of aliphatic hydroxyl groups excluding tert-OH is 1. The molecule has 0 saturated heterocycles. The highest BCUT2D eigenvalue weighted by atomic mass is 16.3. The predicted molar refractivity (Wildman–Crippen MR) is 52.6 cm³/mol. The first-order valence-electron chi connectivity index (χ1n) is 5.10. The second-order valence-corrected chi connectivity index (χ2v) is 4.04. The van der Waals surface area contributed by atoms with E-state index in [2.05, 4.69) is 10.2 Å². The Morgan fingerprint density at radius 1 is 1.38 bits per heavy atom. The van der Waals surface area contributed by atoms with Crippen LogP contribution in [0.15, 0.2) is 11.1 Å². The molecule has 0 unspecified atom stereocenters. The Balaban J connectivity index is 1.82. The van der Waals surface area contributed by atoms with Crippen LogP contribution in [0, 0.1) is 0 Å². The molecule has 0 saturated carbocycles. The SMILES string of the molecule is CC[C@H](O)CN1CC2=C(CNC2)C1. The van der Waals surface area contributed by atoms with Gasteiger partial charge in [0.2, 0.25) is 0 Å². The molecular formula is C10H18N2O. The summed E-state index contributed by atoms with van der Waals surface area (Å²) < 4.78 is 0. The molecule has 0 radical (unpaired) electrons. The molecule has 1 atom stereocenters. The van der Waals surface area contributed by atoms with Gasteiger partial charge in [-0.05, 0) is 17.6 Å². The number of aliphatic hydroxyl groups is 1. The van der Waals surface area contributed by atoms with Crippen LogP contribution in [0.25, 0.3) is 0 Å². The maximum absolute atomic E-state index is 9.51. The van der Waals surface area contributed by atoms with Crippen LogP contribution in [0.2, 0.25) is 0 Å². The topological polar surface area (TPSA) is 35.5 Å². The molecule has 3 heteroatoms. The van der Waals surface area contributed by atoms with Crippen LogP contribution in [0.3, 0.4) is 0 Å². The summed E-state index contributed by atoms with van der Waals surface area (Å²) in [6.07, 6.45) is 0.715. The molecule has 0 amide bonds. The molecule has 2 heterocycles. The Kier molecular flexibility index (Phi) is 2.67. The van der Waals surface area contributed by atoms with Crippen molar-refractivity contribution in [1.29, 1.82) is 0 Å². The van der Waals surface area contributed by atoms with E-state index in [-0.39, 0.29) is 6.10 Å². The van der Waals surface area contributed by atoms with Gasteiger partial charge in [0, 0.05) is 32.7 Å². The van der Waals surface area contributed by atoms with Crippen molar-refractivity contribution >= 4 is 0 Å². The molecule has 2 aliphatic heterocycles. The number of hydrogen-bond donors (Lipinski definition) is 2. The lowest BCUT2D eigenvalue weighted by molar-refractivity contribution is 0.122. The molecule has 0 fully saturated rings. The molecule has 0 aromatic carbocycles. The maximum atomic E-state index is 9.51. The van der Waals surface area contributed by atoms with Crippen molar-refractivity contribution in [3.63, 3.8) is 0 Å². The van der Waals surface area contributed by atoms with Gasteiger partial charge in [-0.1, -0.05) is 6.92 Å². The molecule has 74 valence electrons. The minimum atomic E-state index is -0.145. The molecule has 0 aliphatic carbocycles. The lowest BCUT2D eigenvalue weighted by atomic mass is 10.2. The Labute approximate surface area is 79.4 Å². The molecule has 3 nitrogen and oxygen atoms in total. The van der Waals surface area contributed by atoms with Crippen molar-refractivity contribution < 1.29 is 5.11 Å². The average Bonchev–Trinajstić information content (AvgIpc) is 2.63. The maximum Gasteiger partial charge on any atom is 0.0664 e. The third-order valence-electron chi connectivity index (χ3n) is 2.95. The van der Waals surface area contributed by atoms with Crippen LogP contribution in [0.1, 0.15) is 13.3 Å².